The van der Waals surface area contributed by atoms with E-state index in [1.54, 1.807) is 0 Å². The van der Waals surface area contributed by atoms with Crippen molar-refractivity contribution in [3.8, 4) is 5.75 Å². The molecule has 1 aromatic rings. The summed E-state index contributed by atoms with van der Waals surface area (Å²) >= 11 is 0. The normalized spacial score (nSPS) is 19.3. The fraction of sp³-hybridized carbons (Fsp3) is 0.588. The number of ether oxygens (including phenoxy) is 1. The van der Waals surface area contributed by atoms with E-state index in [0.717, 1.165) is 31.5 Å². The van der Waals surface area contributed by atoms with Gasteiger partial charge in [0.05, 0.1) is 0 Å². The summed E-state index contributed by atoms with van der Waals surface area (Å²) in [5, 5.41) is 2.86. The summed E-state index contributed by atoms with van der Waals surface area (Å²) in [6, 6.07) is 5.20. The van der Waals surface area contributed by atoms with E-state index in [1.165, 1.54) is 12.1 Å². The molecule has 0 aliphatic carbocycles. The molecule has 0 radical (unpaired) electrons. The summed E-state index contributed by atoms with van der Waals surface area (Å²) in [5.74, 6) is -0.924. The molecule has 1 heterocycles. The molecule has 1 saturated heterocycles. The molecule has 2 rings (SSSR count). The number of benzene rings is 1. The van der Waals surface area contributed by atoms with E-state index in [0.29, 0.717) is 12.6 Å². The number of amides is 1. The van der Waals surface area contributed by atoms with Crippen molar-refractivity contribution in [1.82, 2.24) is 10.2 Å². The van der Waals surface area contributed by atoms with Crippen LogP contribution in [0.3, 0.4) is 0 Å². The van der Waals surface area contributed by atoms with Gasteiger partial charge in [-0.3, -0.25) is 9.69 Å². The maximum atomic E-state index is 13.0. The van der Waals surface area contributed by atoms with E-state index in [-0.39, 0.29) is 11.6 Å². The third-order valence-electron chi connectivity index (χ3n) is 4.12. The number of rotatable bonds is 6. The van der Waals surface area contributed by atoms with E-state index in [1.807, 2.05) is 0 Å². The van der Waals surface area contributed by atoms with Gasteiger partial charge in [-0.05, 0) is 51.4 Å². The van der Waals surface area contributed by atoms with E-state index < -0.39 is 24.2 Å². The first-order valence-corrected chi connectivity index (χ1v) is 8.19. The van der Waals surface area contributed by atoms with Crippen LogP contribution in [0.15, 0.2) is 24.3 Å². The van der Waals surface area contributed by atoms with Crippen LogP contribution in [0.5, 0.6) is 5.75 Å². The number of halogens is 4. The Morgan fingerprint density at radius 3 is 2.72 bits per heavy atom. The topological polar surface area (TPSA) is 41.6 Å². The Morgan fingerprint density at radius 2 is 2.08 bits per heavy atom. The minimum absolute atomic E-state index is 0.0456. The zero-order valence-electron chi connectivity index (χ0n) is 14.1. The van der Waals surface area contributed by atoms with Crippen LogP contribution in [0.4, 0.5) is 17.6 Å². The van der Waals surface area contributed by atoms with Gasteiger partial charge in [0.15, 0.2) is 0 Å². The zero-order valence-corrected chi connectivity index (χ0v) is 14.1. The predicted molar refractivity (Wildman–Crippen MR) is 85.2 cm³/mol. The Hall–Kier alpha value is -1.83. The molecule has 0 aromatic heterocycles. The largest absolute Gasteiger partial charge is 0.461 e. The molecule has 1 fully saturated rings. The minimum Gasteiger partial charge on any atom is -0.428 e. The number of alkyl halides is 4. The lowest BCUT2D eigenvalue weighted by Gasteiger charge is -2.35. The van der Waals surface area contributed by atoms with Crippen LogP contribution in [0.2, 0.25) is 0 Å². The molecular formula is C17H22F4N2O2. The van der Waals surface area contributed by atoms with Crippen LogP contribution in [0.1, 0.15) is 37.0 Å². The van der Waals surface area contributed by atoms with Gasteiger partial charge in [-0.2, -0.15) is 17.6 Å². The fourth-order valence-corrected chi connectivity index (χ4v) is 2.76. The van der Waals surface area contributed by atoms with Gasteiger partial charge >= 0.3 is 12.5 Å². The molecule has 1 amide bonds. The van der Waals surface area contributed by atoms with Crippen molar-refractivity contribution in [2.75, 3.05) is 13.1 Å². The molecule has 140 valence electrons. The molecular weight excluding hydrogens is 340 g/mol. The summed E-state index contributed by atoms with van der Waals surface area (Å²) in [4.78, 5) is 14.6. The molecule has 1 aliphatic heterocycles. The van der Waals surface area contributed by atoms with Gasteiger partial charge in [0, 0.05) is 24.2 Å². The van der Waals surface area contributed by atoms with Crippen LogP contribution >= 0.6 is 0 Å². The van der Waals surface area contributed by atoms with Gasteiger partial charge in [-0.1, -0.05) is 6.07 Å². The molecule has 0 unspecified atom stereocenters. The molecule has 0 spiro atoms. The number of carbonyl (C=O) groups is 1. The molecule has 0 saturated carbocycles. The fourth-order valence-electron chi connectivity index (χ4n) is 2.76. The van der Waals surface area contributed by atoms with Gasteiger partial charge in [0.1, 0.15) is 5.75 Å². The Labute approximate surface area is 144 Å². The smallest absolute Gasteiger partial charge is 0.428 e. The van der Waals surface area contributed by atoms with Crippen LogP contribution in [-0.2, 0) is 0 Å². The first kappa shape index (κ1) is 19.5. The standard InChI is InChI=1S/C17H22F4N2O2/c1-11(2)23-8-4-6-13(10-23)22-15(24)12-5-3-7-14(9-12)25-17(20,21)16(18)19/h3,5,7,9,11,13,16H,4,6,8,10H2,1-2H3,(H,22,24)/t13-/m1/s1. The average molecular weight is 362 g/mol. The van der Waals surface area contributed by atoms with Crippen LogP contribution < -0.4 is 10.1 Å². The average Bonchev–Trinajstić information content (AvgIpc) is 2.54. The number of nitrogens with zero attached hydrogens (tertiary/aromatic N) is 1. The lowest BCUT2D eigenvalue weighted by atomic mass is 10.0. The van der Waals surface area contributed by atoms with Crippen molar-refractivity contribution in [1.29, 1.82) is 0 Å². The van der Waals surface area contributed by atoms with Gasteiger partial charge < -0.3 is 10.1 Å². The van der Waals surface area contributed by atoms with E-state index >= 15 is 0 Å². The Balaban J connectivity index is 2.01. The number of likely N-dealkylation sites (tertiary alicyclic amines) is 1. The van der Waals surface area contributed by atoms with Crippen molar-refractivity contribution >= 4 is 5.91 Å². The summed E-state index contributed by atoms with van der Waals surface area (Å²) < 4.78 is 54.4. The van der Waals surface area contributed by atoms with E-state index in [2.05, 4.69) is 28.8 Å². The summed E-state index contributed by atoms with van der Waals surface area (Å²) in [6.07, 6.45) is -6.77. The maximum Gasteiger partial charge on any atom is 0.461 e. The van der Waals surface area contributed by atoms with Crippen molar-refractivity contribution in [3.05, 3.63) is 29.8 Å². The Bertz CT molecular complexity index is 596. The monoisotopic (exact) mass is 362 g/mol. The SMILES string of the molecule is CC(C)N1CCC[C@@H](NC(=O)c2cccc(OC(F)(F)C(F)F)c2)C1. The first-order valence-electron chi connectivity index (χ1n) is 8.19. The van der Waals surface area contributed by atoms with E-state index in [4.69, 9.17) is 0 Å². The maximum absolute atomic E-state index is 13.0. The molecule has 4 nitrogen and oxygen atoms in total. The summed E-state index contributed by atoms with van der Waals surface area (Å²) in [7, 11) is 0. The molecule has 25 heavy (non-hydrogen) atoms. The summed E-state index contributed by atoms with van der Waals surface area (Å²) in [6.45, 7) is 5.83. The highest BCUT2D eigenvalue weighted by Gasteiger charge is 2.44. The molecule has 0 bridgehead atoms. The minimum atomic E-state index is -4.60. The van der Waals surface area contributed by atoms with Crippen molar-refractivity contribution < 1.29 is 27.1 Å². The number of hydrogen-bond acceptors (Lipinski definition) is 3. The number of piperidine rings is 1. The second kappa shape index (κ2) is 8.03. The molecule has 1 atom stereocenters. The van der Waals surface area contributed by atoms with Crippen molar-refractivity contribution in [2.24, 2.45) is 0 Å². The summed E-state index contributed by atoms with van der Waals surface area (Å²) in [5.41, 5.74) is 0.0873. The van der Waals surface area contributed by atoms with Gasteiger partial charge in [0.25, 0.3) is 5.91 Å². The molecule has 1 aliphatic rings. The second-order valence-electron chi connectivity index (χ2n) is 6.39. The number of carbonyl (C=O) groups excluding carboxylic acids is 1. The van der Waals surface area contributed by atoms with Crippen molar-refractivity contribution in [2.45, 2.75) is 51.3 Å². The van der Waals surface area contributed by atoms with Gasteiger partial charge in [0.2, 0.25) is 0 Å². The second-order valence-corrected chi connectivity index (χ2v) is 6.39. The predicted octanol–water partition coefficient (Wildman–Crippen LogP) is 3.53. The quantitative estimate of drug-likeness (QED) is 0.788. The van der Waals surface area contributed by atoms with Crippen LogP contribution in [0, 0.1) is 0 Å². The highest BCUT2D eigenvalue weighted by atomic mass is 19.3. The van der Waals surface area contributed by atoms with Gasteiger partial charge in [-0.25, -0.2) is 0 Å². The molecule has 8 heteroatoms. The Morgan fingerprint density at radius 1 is 1.36 bits per heavy atom. The lowest BCUT2D eigenvalue weighted by molar-refractivity contribution is -0.253. The number of nitrogens with one attached hydrogen (secondary N) is 1. The molecule has 1 aromatic carbocycles. The van der Waals surface area contributed by atoms with Crippen LogP contribution in [-0.4, -0.2) is 48.5 Å². The third kappa shape index (κ3) is 5.32. The van der Waals surface area contributed by atoms with Crippen molar-refractivity contribution in [3.63, 3.8) is 0 Å². The molecule has 1 N–H and O–H groups in total. The highest BCUT2D eigenvalue weighted by molar-refractivity contribution is 5.94. The van der Waals surface area contributed by atoms with Gasteiger partial charge in [-0.15, -0.1) is 0 Å². The van der Waals surface area contributed by atoms with E-state index in [9.17, 15) is 22.4 Å². The zero-order chi connectivity index (χ0) is 18.6. The number of hydrogen-bond donors (Lipinski definition) is 1. The van der Waals surface area contributed by atoms with Crippen LogP contribution in [0.25, 0.3) is 0 Å². The Kier molecular flexibility index (Phi) is 6.26. The first-order chi connectivity index (χ1) is 11.7. The lowest BCUT2D eigenvalue weighted by Crippen LogP contribution is -2.49. The highest BCUT2D eigenvalue weighted by Crippen LogP contribution is 2.28. The third-order valence-corrected chi connectivity index (χ3v) is 4.12.